The van der Waals surface area contributed by atoms with Crippen LogP contribution in [0.15, 0.2) is 78.0 Å². The Hall–Kier alpha value is -4.79. The Morgan fingerprint density at radius 2 is 1.70 bits per heavy atom. The van der Waals surface area contributed by atoms with Gasteiger partial charge in [0.2, 0.25) is 0 Å². The van der Waals surface area contributed by atoms with Crippen LogP contribution in [0.4, 0.5) is 13.2 Å². The third-order valence-corrected chi connectivity index (χ3v) is 6.57. The van der Waals surface area contributed by atoms with Crippen LogP contribution in [-0.2, 0) is 6.42 Å². The zero-order valence-electron chi connectivity index (χ0n) is 21.9. The van der Waals surface area contributed by atoms with E-state index in [1.54, 1.807) is 6.92 Å². The van der Waals surface area contributed by atoms with E-state index in [9.17, 15) is 18.4 Å². The standard InChI is InChI=1S/C31H24F3N3O3/c1-17(2)37-16-23(31(39)29(18(37)3)20-5-7-21(32)8-6-20)26(38)13-19-4-9-27(24(34)12-19)40-28-10-11-35-25-14-22(33)15-36-30(25)28/h4-12,14-17H,13H2,1-3H3. The van der Waals surface area contributed by atoms with Gasteiger partial charge in [-0.3, -0.25) is 14.6 Å². The van der Waals surface area contributed by atoms with Crippen molar-refractivity contribution >= 4 is 16.8 Å². The maximum absolute atomic E-state index is 15.0. The van der Waals surface area contributed by atoms with Gasteiger partial charge in [-0.05, 0) is 56.2 Å². The number of aromatic nitrogens is 3. The first-order valence-corrected chi connectivity index (χ1v) is 12.5. The lowest BCUT2D eigenvalue weighted by Crippen LogP contribution is -2.24. The fourth-order valence-electron chi connectivity index (χ4n) is 4.61. The van der Waals surface area contributed by atoms with E-state index in [4.69, 9.17) is 4.74 Å². The molecule has 0 N–H and O–H groups in total. The summed E-state index contributed by atoms with van der Waals surface area (Å²) in [4.78, 5) is 34.9. The number of pyridine rings is 3. The smallest absolute Gasteiger partial charge is 0.200 e. The van der Waals surface area contributed by atoms with Crippen molar-refractivity contribution in [1.29, 1.82) is 0 Å². The van der Waals surface area contributed by atoms with Crippen molar-refractivity contribution in [2.24, 2.45) is 0 Å². The molecule has 0 aliphatic rings. The molecule has 0 saturated heterocycles. The number of carbonyl (C=O) groups excluding carboxylic acids is 1. The van der Waals surface area contributed by atoms with Crippen molar-refractivity contribution in [3.63, 3.8) is 0 Å². The lowest BCUT2D eigenvalue weighted by molar-refractivity contribution is 0.0991. The van der Waals surface area contributed by atoms with Gasteiger partial charge in [-0.2, -0.15) is 0 Å². The molecule has 0 spiro atoms. The van der Waals surface area contributed by atoms with Crippen molar-refractivity contribution < 1.29 is 22.7 Å². The van der Waals surface area contributed by atoms with Gasteiger partial charge < -0.3 is 9.30 Å². The van der Waals surface area contributed by atoms with Crippen molar-refractivity contribution in [2.75, 3.05) is 0 Å². The second-order valence-electron chi connectivity index (χ2n) is 9.64. The molecule has 0 bridgehead atoms. The van der Waals surface area contributed by atoms with Gasteiger partial charge in [-0.1, -0.05) is 18.2 Å². The third kappa shape index (κ3) is 5.22. The Morgan fingerprint density at radius 3 is 2.40 bits per heavy atom. The number of Topliss-reactive ketones (excluding diaryl/α,β-unsaturated/α-hetero) is 1. The van der Waals surface area contributed by atoms with E-state index >= 15 is 4.39 Å². The fraction of sp³-hybridized carbons (Fsp3) is 0.161. The molecule has 5 aromatic rings. The molecule has 3 aromatic heterocycles. The SMILES string of the molecule is Cc1c(-c2ccc(F)cc2)c(=O)c(C(=O)Cc2ccc(Oc3ccnc4cc(F)cnc34)c(F)c2)cn1C(C)C. The molecule has 0 radical (unpaired) electrons. The molecular formula is C31H24F3N3O3. The second kappa shape index (κ2) is 10.8. The summed E-state index contributed by atoms with van der Waals surface area (Å²) in [7, 11) is 0. The van der Waals surface area contributed by atoms with Crippen molar-refractivity contribution in [2.45, 2.75) is 33.2 Å². The summed E-state index contributed by atoms with van der Waals surface area (Å²) >= 11 is 0. The largest absolute Gasteiger partial charge is 0.452 e. The molecule has 40 heavy (non-hydrogen) atoms. The molecule has 0 amide bonds. The molecule has 0 fully saturated rings. The highest BCUT2D eigenvalue weighted by Crippen LogP contribution is 2.30. The van der Waals surface area contributed by atoms with Crippen LogP contribution in [0.5, 0.6) is 11.5 Å². The van der Waals surface area contributed by atoms with Gasteiger partial charge in [0.15, 0.2) is 28.5 Å². The van der Waals surface area contributed by atoms with Crippen LogP contribution in [0.25, 0.3) is 22.2 Å². The fourth-order valence-corrected chi connectivity index (χ4v) is 4.61. The second-order valence-corrected chi connectivity index (χ2v) is 9.64. The quantitative estimate of drug-likeness (QED) is 0.207. The molecule has 202 valence electrons. The Labute approximate surface area is 227 Å². The molecular weight excluding hydrogens is 519 g/mol. The number of hydrogen-bond acceptors (Lipinski definition) is 5. The van der Waals surface area contributed by atoms with Crippen LogP contribution in [-0.4, -0.2) is 20.3 Å². The molecule has 0 atom stereocenters. The molecule has 0 aliphatic heterocycles. The van der Waals surface area contributed by atoms with Crippen molar-refractivity contribution in [3.05, 3.63) is 118 Å². The first-order valence-electron chi connectivity index (χ1n) is 12.5. The van der Waals surface area contributed by atoms with Gasteiger partial charge in [-0.25, -0.2) is 18.2 Å². The number of halogens is 3. The highest BCUT2D eigenvalue weighted by atomic mass is 19.1. The Morgan fingerprint density at radius 1 is 0.950 bits per heavy atom. The van der Waals surface area contributed by atoms with Gasteiger partial charge in [0.05, 0.1) is 17.3 Å². The monoisotopic (exact) mass is 543 g/mol. The van der Waals surface area contributed by atoms with Crippen molar-refractivity contribution in [3.8, 4) is 22.6 Å². The summed E-state index contributed by atoms with van der Waals surface area (Å²) in [5, 5.41) is 0. The van der Waals surface area contributed by atoms with Gasteiger partial charge in [0.25, 0.3) is 0 Å². The summed E-state index contributed by atoms with van der Waals surface area (Å²) in [5.41, 5.74) is 1.81. The maximum Gasteiger partial charge on any atom is 0.200 e. The number of nitrogens with zero attached hydrogens (tertiary/aromatic N) is 3. The molecule has 0 saturated carbocycles. The summed E-state index contributed by atoms with van der Waals surface area (Å²) in [6.45, 7) is 5.62. The normalized spacial score (nSPS) is 11.3. The topological polar surface area (TPSA) is 74.1 Å². The van der Waals surface area contributed by atoms with Crippen molar-refractivity contribution in [1.82, 2.24) is 14.5 Å². The number of rotatable bonds is 7. The van der Waals surface area contributed by atoms with Gasteiger partial charge in [0, 0.05) is 48.2 Å². The molecule has 6 nitrogen and oxygen atoms in total. The van der Waals surface area contributed by atoms with E-state index < -0.39 is 28.7 Å². The predicted octanol–water partition coefficient (Wildman–Crippen LogP) is 6.98. The Bertz CT molecular complexity index is 1820. The summed E-state index contributed by atoms with van der Waals surface area (Å²) in [5.74, 6) is -2.14. The minimum absolute atomic E-state index is 0.0408. The zero-order chi connectivity index (χ0) is 28.6. The van der Waals surface area contributed by atoms with E-state index in [0.29, 0.717) is 22.4 Å². The number of carbonyl (C=O) groups is 1. The van der Waals surface area contributed by atoms with E-state index in [0.717, 1.165) is 6.20 Å². The van der Waals surface area contributed by atoms with Crippen LogP contribution in [0, 0.1) is 24.4 Å². The van der Waals surface area contributed by atoms with Crippen LogP contribution in [0.2, 0.25) is 0 Å². The third-order valence-electron chi connectivity index (χ3n) is 6.57. The van der Waals surface area contributed by atoms with Crippen LogP contribution >= 0.6 is 0 Å². The van der Waals surface area contributed by atoms with E-state index in [-0.39, 0.29) is 40.6 Å². The number of fused-ring (bicyclic) bond motifs is 1. The average Bonchev–Trinajstić information content (AvgIpc) is 2.91. The number of ether oxygens (including phenoxy) is 1. The molecule has 2 aromatic carbocycles. The minimum atomic E-state index is -0.729. The molecule has 5 rings (SSSR count). The van der Waals surface area contributed by atoms with E-state index in [1.807, 2.05) is 18.4 Å². The molecule has 3 heterocycles. The lowest BCUT2D eigenvalue weighted by Gasteiger charge is -2.20. The van der Waals surface area contributed by atoms with Crippen LogP contribution in [0.3, 0.4) is 0 Å². The minimum Gasteiger partial charge on any atom is -0.452 e. The Kier molecular flexibility index (Phi) is 7.21. The first-order chi connectivity index (χ1) is 19.1. The highest BCUT2D eigenvalue weighted by molar-refractivity contribution is 5.98. The van der Waals surface area contributed by atoms with Gasteiger partial charge in [0.1, 0.15) is 17.2 Å². The summed E-state index contributed by atoms with van der Waals surface area (Å²) in [6.07, 6.45) is 3.71. The number of hydrogen-bond donors (Lipinski definition) is 0. The molecule has 0 aliphatic carbocycles. The predicted molar refractivity (Wildman–Crippen MR) is 145 cm³/mol. The van der Waals surface area contributed by atoms with Crippen LogP contribution in [0.1, 0.15) is 41.5 Å². The van der Waals surface area contributed by atoms with Gasteiger partial charge >= 0.3 is 0 Å². The zero-order valence-corrected chi connectivity index (χ0v) is 21.9. The maximum atomic E-state index is 15.0. The average molecular weight is 544 g/mol. The van der Waals surface area contributed by atoms with E-state index in [2.05, 4.69) is 9.97 Å². The number of benzene rings is 2. The number of ketones is 1. The van der Waals surface area contributed by atoms with Gasteiger partial charge in [-0.15, -0.1) is 0 Å². The van der Waals surface area contributed by atoms with Crippen LogP contribution < -0.4 is 10.2 Å². The summed E-state index contributed by atoms with van der Waals surface area (Å²) < 4.78 is 49.6. The Balaban J connectivity index is 1.45. The van der Waals surface area contributed by atoms with E-state index in [1.165, 1.54) is 67.0 Å². The highest BCUT2D eigenvalue weighted by Gasteiger charge is 2.21. The molecule has 0 unspecified atom stereocenters. The molecule has 9 heteroatoms. The first kappa shape index (κ1) is 26.8. The summed E-state index contributed by atoms with van der Waals surface area (Å²) in [6, 6.07) is 12.2. The lowest BCUT2D eigenvalue weighted by atomic mass is 9.97.